The Labute approximate surface area is 62.7 Å². The molecule has 0 fully saturated rings. The van der Waals surface area contributed by atoms with Crippen LogP contribution in [0.15, 0.2) is 0 Å². The van der Waals surface area contributed by atoms with Crippen LogP contribution in [0.2, 0.25) is 0 Å². The molecular formula is C5H8IO2. The maximum atomic E-state index is 9.54. The van der Waals surface area contributed by atoms with Crippen molar-refractivity contribution in [1.82, 2.24) is 0 Å². The minimum absolute atomic E-state index is 0.00935. The number of hydrogen-bond acceptors (Lipinski definition) is 2. The Bertz CT molecular complexity index is 65.4. The average Bonchev–Trinajstić information content (AvgIpc) is 1.68. The summed E-state index contributed by atoms with van der Waals surface area (Å²) in [6.07, 6.45) is 1.95. The third-order valence-electron chi connectivity index (χ3n) is 0.692. The maximum Gasteiger partial charge on any atom is 0.418 e. The number of halogens is 1. The Balaban J connectivity index is 3.03. The number of carbonyl (C=O) groups excluding carboxylic acids is 1. The molecule has 0 aliphatic carbocycles. The maximum absolute atomic E-state index is 9.54. The minimum Gasteiger partial charge on any atom is -0.443 e. The summed E-state index contributed by atoms with van der Waals surface area (Å²) in [5.41, 5.74) is 0. The summed E-state index contributed by atoms with van der Waals surface area (Å²) in [6, 6.07) is 0. The van der Waals surface area contributed by atoms with Crippen LogP contribution in [-0.2, 0) is 9.53 Å². The number of ether oxygens (including phenoxy) is 1. The summed E-state index contributed by atoms with van der Waals surface area (Å²) >= 11 is 2.06. The monoisotopic (exact) mass is 227 g/mol. The smallest absolute Gasteiger partial charge is 0.418 e. The topological polar surface area (TPSA) is 26.3 Å². The van der Waals surface area contributed by atoms with Crippen molar-refractivity contribution >= 4 is 29.1 Å². The van der Waals surface area contributed by atoms with Gasteiger partial charge >= 0.3 is 6.47 Å². The molecule has 0 aromatic rings. The summed E-state index contributed by atoms with van der Waals surface area (Å²) < 4.78 is 4.47. The number of hydrogen-bond donors (Lipinski definition) is 0. The van der Waals surface area contributed by atoms with Crippen LogP contribution in [0.3, 0.4) is 0 Å². The van der Waals surface area contributed by atoms with Gasteiger partial charge in [0.1, 0.15) is 0 Å². The first-order valence-corrected chi connectivity index (χ1v) is 3.72. The number of rotatable bonds is 4. The Hall–Kier alpha value is 0.200. The zero-order chi connectivity index (χ0) is 6.41. The first-order valence-electron chi connectivity index (χ1n) is 2.48. The van der Waals surface area contributed by atoms with Crippen molar-refractivity contribution in [1.29, 1.82) is 0 Å². The lowest BCUT2D eigenvalue weighted by Crippen LogP contribution is -2.00. The van der Waals surface area contributed by atoms with Gasteiger partial charge in [0.05, 0.1) is 0 Å². The molecule has 0 saturated carbocycles. The van der Waals surface area contributed by atoms with E-state index in [1.54, 1.807) is 0 Å². The van der Waals surface area contributed by atoms with Crippen molar-refractivity contribution < 1.29 is 9.53 Å². The van der Waals surface area contributed by atoms with Gasteiger partial charge in [-0.25, -0.2) is 4.79 Å². The van der Waals surface area contributed by atoms with E-state index in [2.05, 4.69) is 27.3 Å². The molecule has 0 saturated heterocycles. The average molecular weight is 227 g/mol. The van der Waals surface area contributed by atoms with Gasteiger partial charge in [-0.2, -0.15) is 0 Å². The molecule has 0 rings (SSSR count). The van der Waals surface area contributed by atoms with E-state index >= 15 is 0 Å². The quantitative estimate of drug-likeness (QED) is 0.539. The van der Waals surface area contributed by atoms with E-state index in [0.29, 0.717) is 0 Å². The molecule has 2 nitrogen and oxygen atoms in total. The molecule has 1 unspecified atom stereocenters. The molecule has 0 amide bonds. The van der Waals surface area contributed by atoms with Crippen LogP contribution in [0.5, 0.6) is 0 Å². The van der Waals surface area contributed by atoms with Crippen molar-refractivity contribution in [3.8, 4) is 0 Å². The summed E-state index contributed by atoms with van der Waals surface area (Å²) in [6.45, 7) is 3.44. The van der Waals surface area contributed by atoms with E-state index in [0.717, 1.165) is 12.8 Å². The standard InChI is InChI=1S/C5H8IO2/c1-2-3-5(6)8-4-7/h5H,2-3H2,1H3. The van der Waals surface area contributed by atoms with Gasteiger partial charge in [-0.05, 0) is 29.0 Å². The van der Waals surface area contributed by atoms with Crippen LogP contribution in [0.25, 0.3) is 0 Å². The second-order valence-electron chi connectivity index (χ2n) is 1.40. The molecule has 8 heavy (non-hydrogen) atoms. The molecule has 1 radical (unpaired) electrons. The molecule has 3 heteroatoms. The fraction of sp³-hybridized carbons (Fsp3) is 0.800. The van der Waals surface area contributed by atoms with E-state index in [9.17, 15) is 4.79 Å². The van der Waals surface area contributed by atoms with Crippen molar-refractivity contribution in [2.75, 3.05) is 0 Å². The van der Waals surface area contributed by atoms with Crippen LogP contribution in [-0.4, -0.2) is 10.6 Å². The van der Waals surface area contributed by atoms with Crippen LogP contribution >= 0.6 is 22.6 Å². The van der Waals surface area contributed by atoms with Gasteiger partial charge in [0.2, 0.25) is 0 Å². The highest BCUT2D eigenvalue weighted by molar-refractivity contribution is 14.1. The highest BCUT2D eigenvalue weighted by Crippen LogP contribution is 2.07. The SMILES string of the molecule is CCCC(I)O[C]=O. The summed E-state index contributed by atoms with van der Waals surface area (Å²) in [7, 11) is 0. The van der Waals surface area contributed by atoms with Gasteiger partial charge in [-0.3, -0.25) is 0 Å². The first kappa shape index (κ1) is 8.20. The molecule has 0 aliphatic rings. The highest BCUT2D eigenvalue weighted by atomic mass is 127. The Morgan fingerprint density at radius 1 is 1.88 bits per heavy atom. The molecule has 1 atom stereocenters. The normalized spacial score (nSPS) is 12.8. The lowest BCUT2D eigenvalue weighted by Gasteiger charge is -2.01. The van der Waals surface area contributed by atoms with Gasteiger partial charge in [-0.1, -0.05) is 13.3 Å². The second kappa shape index (κ2) is 5.34. The zero-order valence-corrected chi connectivity index (χ0v) is 6.84. The summed E-state index contributed by atoms with van der Waals surface area (Å²) in [5, 5.41) is 0. The van der Waals surface area contributed by atoms with Gasteiger partial charge < -0.3 is 4.74 Å². The zero-order valence-electron chi connectivity index (χ0n) is 4.69. The summed E-state index contributed by atoms with van der Waals surface area (Å²) in [5.74, 6) is 0. The van der Waals surface area contributed by atoms with Crippen molar-refractivity contribution in [3.05, 3.63) is 0 Å². The van der Waals surface area contributed by atoms with Crippen molar-refractivity contribution in [2.24, 2.45) is 0 Å². The molecule has 0 heterocycles. The van der Waals surface area contributed by atoms with E-state index in [4.69, 9.17) is 0 Å². The highest BCUT2D eigenvalue weighted by Gasteiger charge is 1.99. The largest absolute Gasteiger partial charge is 0.443 e. The van der Waals surface area contributed by atoms with Crippen LogP contribution < -0.4 is 0 Å². The fourth-order valence-corrected chi connectivity index (χ4v) is 1.06. The van der Waals surface area contributed by atoms with Crippen molar-refractivity contribution in [3.63, 3.8) is 0 Å². The Morgan fingerprint density at radius 2 is 2.50 bits per heavy atom. The molecule has 0 spiro atoms. The van der Waals surface area contributed by atoms with E-state index < -0.39 is 0 Å². The lowest BCUT2D eigenvalue weighted by atomic mass is 10.4. The molecule has 0 N–H and O–H groups in total. The molecule has 0 aliphatic heterocycles. The van der Waals surface area contributed by atoms with E-state index in [-0.39, 0.29) is 4.11 Å². The Morgan fingerprint density at radius 3 is 2.88 bits per heavy atom. The fourth-order valence-electron chi connectivity index (χ4n) is 0.338. The van der Waals surface area contributed by atoms with Gasteiger partial charge in [-0.15, -0.1) is 0 Å². The van der Waals surface area contributed by atoms with Crippen LogP contribution in [0.4, 0.5) is 0 Å². The Kier molecular flexibility index (Phi) is 5.47. The molecule has 0 aromatic carbocycles. The van der Waals surface area contributed by atoms with E-state index in [1.165, 1.54) is 6.47 Å². The predicted molar refractivity (Wildman–Crippen MR) is 39.5 cm³/mol. The molecule has 47 valence electrons. The first-order chi connectivity index (χ1) is 3.81. The number of alkyl halides is 1. The van der Waals surface area contributed by atoms with Gasteiger partial charge in [0.25, 0.3) is 0 Å². The van der Waals surface area contributed by atoms with E-state index in [1.807, 2.05) is 6.92 Å². The van der Waals surface area contributed by atoms with Crippen LogP contribution in [0, 0.1) is 0 Å². The van der Waals surface area contributed by atoms with Crippen molar-refractivity contribution in [2.45, 2.75) is 23.9 Å². The molecule has 0 bridgehead atoms. The second-order valence-corrected chi connectivity index (χ2v) is 2.79. The third-order valence-corrected chi connectivity index (χ3v) is 1.57. The van der Waals surface area contributed by atoms with Gasteiger partial charge in [0.15, 0.2) is 4.11 Å². The lowest BCUT2D eigenvalue weighted by molar-refractivity contribution is 0.256. The minimum atomic E-state index is 0.00935. The summed E-state index contributed by atoms with van der Waals surface area (Å²) in [4.78, 5) is 9.54. The van der Waals surface area contributed by atoms with Gasteiger partial charge in [0, 0.05) is 0 Å². The molecular weight excluding hydrogens is 219 g/mol. The third kappa shape index (κ3) is 4.36. The predicted octanol–water partition coefficient (Wildman–Crippen LogP) is 1.63. The van der Waals surface area contributed by atoms with Crippen LogP contribution in [0.1, 0.15) is 19.8 Å². The molecule has 0 aromatic heterocycles.